The van der Waals surface area contributed by atoms with Crippen LogP contribution >= 0.6 is 11.6 Å². The fourth-order valence-electron chi connectivity index (χ4n) is 5.67. The molecule has 4 aliphatic rings. The maximum atomic E-state index is 13.8. The van der Waals surface area contributed by atoms with Crippen LogP contribution in [-0.4, -0.2) is 110 Å². The van der Waals surface area contributed by atoms with E-state index < -0.39 is 24.4 Å². The number of carbonyl (C=O) groups is 2. The fourth-order valence-corrected chi connectivity index (χ4v) is 5.95. The quantitative estimate of drug-likeness (QED) is 0.419. The van der Waals surface area contributed by atoms with Gasteiger partial charge in [0, 0.05) is 64.5 Å². The number of alkyl halides is 1. The van der Waals surface area contributed by atoms with Crippen LogP contribution in [0.1, 0.15) is 12.8 Å². The van der Waals surface area contributed by atoms with Crippen LogP contribution in [0.25, 0.3) is 0 Å². The van der Waals surface area contributed by atoms with E-state index in [4.69, 9.17) is 17.3 Å². The van der Waals surface area contributed by atoms with E-state index in [-0.39, 0.29) is 30.8 Å². The Kier molecular flexibility index (Phi) is 7.61. The van der Waals surface area contributed by atoms with Gasteiger partial charge in [-0.25, -0.2) is 14.8 Å². The van der Waals surface area contributed by atoms with Crippen LogP contribution in [-0.2, 0) is 9.59 Å². The summed E-state index contributed by atoms with van der Waals surface area (Å²) in [5, 5.41) is 8.13. The van der Waals surface area contributed by atoms with Gasteiger partial charge in [-0.3, -0.25) is 19.9 Å². The highest BCUT2D eigenvalue weighted by atomic mass is 35.5. The zero-order chi connectivity index (χ0) is 25.4. The average Bonchev–Trinajstić information content (AvgIpc) is 3.19. The van der Waals surface area contributed by atoms with Gasteiger partial charge in [-0.15, -0.1) is 0 Å². The number of nitrogens with two attached hydrogens (primary N) is 1. The summed E-state index contributed by atoms with van der Waals surface area (Å²) < 4.78 is 13.8. The highest BCUT2D eigenvalue weighted by molar-refractivity contribution is 6.34. The predicted molar refractivity (Wildman–Crippen MR) is 135 cm³/mol. The fraction of sp³-hybridized carbons (Fsp3) is 0.696. The molecule has 36 heavy (non-hydrogen) atoms. The van der Waals surface area contributed by atoms with E-state index in [0.29, 0.717) is 29.5 Å². The van der Waals surface area contributed by atoms with Crippen molar-refractivity contribution in [3.05, 3.63) is 17.4 Å². The number of hydrogen-bond donors (Lipinski definition) is 4. The van der Waals surface area contributed by atoms with Gasteiger partial charge >= 0.3 is 0 Å². The first-order chi connectivity index (χ1) is 17.3. The number of rotatable bonds is 4. The van der Waals surface area contributed by atoms with Crippen molar-refractivity contribution in [2.24, 2.45) is 17.6 Å². The lowest BCUT2D eigenvalue weighted by Gasteiger charge is -2.38. The van der Waals surface area contributed by atoms with Crippen molar-refractivity contribution in [2.75, 3.05) is 69.6 Å². The number of halogens is 2. The number of carbonyl (C=O) groups excluding carboxylic acids is 2. The Morgan fingerprint density at radius 2 is 1.89 bits per heavy atom. The number of likely N-dealkylation sites (N-methyl/N-ethyl adjacent to an activating group) is 1. The minimum atomic E-state index is -1.03. The highest BCUT2D eigenvalue weighted by Crippen LogP contribution is 2.36. The summed E-state index contributed by atoms with van der Waals surface area (Å²) in [5.41, 5.74) is 10.4. The van der Waals surface area contributed by atoms with Gasteiger partial charge < -0.3 is 25.8 Å². The van der Waals surface area contributed by atoms with E-state index in [1.54, 1.807) is 17.4 Å². The second-order valence-electron chi connectivity index (χ2n) is 10.2. The van der Waals surface area contributed by atoms with Gasteiger partial charge in [0.1, 0.15) is 6.17 Å². The topological polar surface area (TPSA) is 122 Å². The van der Waals surface area contributed by atoms with Gasteiger partial charge in [0.15, 0.2) is 0 Å². The normalized spacial score (nSPS) is 30.3. The molecular formula is C23H35ClFN9O2. The van der Waals surface area contributed by atoms with Crippen molar-refractivity contribution in [1.29, 1.82) is 0 Å². The van der Waals surface area contributed by atoms with Crippen molar-refractivity contribution in [1.82, 2.24) is 30.5 Å². The molecule has 11 nitrogen and oxygen atoms in total. The Balaban J connectivity index is 1.24. The van der Waals surface area contributed by atoms with Crippen molar-refractivity contribution in [3.63, 3.8) is 0 Å². The first kappa shape index (κ1) is 25.6. The molecule has 4 atom stereocenters. The molecule has 0 bridgehead atoms. The number of pyridine rings is 1. The third-order valence-electron chi connectivity index (χ3n) is 7.73. The van der Waals surface area contributed by atoms with Crippen molar-refractivity contribution in [2.45, 2.75) is 31.3 Å². The van der Waals surface area contributed by atoms with Crippen molar-refractivity contribution < 1.29 is 14.0 Å². The average molecular weight is 524 g/mol. The predicted octanol–water partition coefficient (Wildman–Crippen LogP) is -0.347. The number of aromatic nitrogens is 1. The zero-order valence-corrected chi connectivity index (χ0v) is 21.3. The molecule has 4 unspecified atom stereocenters. The van der Waals surface area contributed by atoms with E-state index in [1.165, 1.54) is 0 Å². The van der Waals surface area contributed by atoms with Gasteiger partial charge in [-0.1, -0.05) is 11.6 Å². The number of nitrogens with zero attached hydrogens (tertiary/aromatic N) is 5. The van der Waals surface area contributed by atoms with Crippen LogP contribution in [0.3, 0.4) is 0 Å². The van der Waals surface area contributed by atoms with Crippen molar-refractivity contribution in [3.8, 4) is 0 Å². The number of hydrazine groups is 1. The largest absolute Gasteiger partial charge is 0.369 e. The smallest absolute Gasteiger partial charge is 0.233 e. The lowest BCUT2D eigenvalue weighted by molar-refractivity contribution is -0.137. The lowest BCUT2D eigenvalue weighted by Crippen LogP contribution is -2.58. The second-order valence-corrected chi connectivity index (χ2v) is 10.6. The first-order valence-corrected chi connectivity index (χ1v) is 13.0. The maximum Gasteiger partial charge on any atom is 0.233 e. The van der Waals surface area contributed by atoms with E-state index in [0.717, 1.165) is 39.0 Å². The summed E-state index contributed by atoms with van der Waals surface area (Å²) in [6, 6.07) is 0. The standard InChI is InChI=1S/C23H35ClFN9O2/c1-31-6-8-33(9-7-31)23(36)14-2-4-32(5-3-14)19-16(24)11-27-12-17(19)29-22(35)18-20(26)30-34-13-15(25)10-28-21(18)34/h11-12,14-15,18,20-21,28,30H,2-10,13,26H2,1H3,(H,29,35). The molecule has 13 heteroatoms. The van der Waals surface area contributed by atoms with Gasteiger partial charge in [-0.2, -0.15) is 0 Å². The SMILES string of the molecule is CN1CCN(C(=O)C2CCN(c3c(Cl)cncc3NC(=O)C3C(N)NN4CC(F)CNC34)CC2)CC1. The summed E-state index contributed by atoms with van der Waals surface area (Å²) in [6.45, 7) is 5.00. The number of fused-ring (bicyclic) bond motifs is 1. The van der Waals surface area contributed by atoms with Crippen LogP contribution < -0.4 is 26.7 Å². The molecule has 4 fully saturated rings. The van der Waals surface area contributed by atoms with E-state index in [2.05, 4.69) is 37.9 Å². The summed E-state index contributed by atoms with van der Waals surface area (Å²) in [6.07, 6.45) is 2.50. The molecule has 1 aromatic heterocycles. The lowest BCUT2D eigenvalue weighted by atomic mass is 9.94. The van der Waals surface area contributed by atoms with Crippen LogP contribution in [0.2, 0.25) is 5.02 Å². The van der Waals surface area contributed by atoms with E-state index in [1.807, 2.05) is 4.90 Å². The van der Waals surface area contributed by atoms with Gasteiger partial charge in [-0.05, 0) is 19.9 Å². The number of anilines is 2. The molecular weight excluding hydrogens is 489 g/mol. The van der Waals surface area contributed by atoms with Gasteiger partial charge in [0.25, 0.3) is 0 Å². The van der Waals surface area contributed by atoms with Gasteiger partial charge in [0.2, 0.25) is 11.8 Å². The molecule has 2 amide bonds. The molecule has 0 saturated carbocycles. The number of amides is 2. The third-order valence-corrected chi connectivity index (χ3v) is 8.01. The Labute approximate surface area is 215 Å². The molecule has 0 aliphatic carbocycles. The molecule has 4 saturated heterocycles. The van der Waals surface area contributed by atoms with Crippen LogP contribution in [0, 0.1) is 11.8 Å². The Morgan fingerprint density at radius 3 is 2.61 bits per heavy atom. The summed E-state index contributed by atoms with van der Waals surface area (Å²) in [4.78, 5) is 36.9. The zero-order valence-electron chi connectivity index (χ0n) is 20.5. The second kappa shape index (κ2) is 10.7. The molecule has 5 rings (SSSR count). The number of nitrogens with one attached hydrogen (secondary N) is 3. The van der Waals surface area contributed by atoms with E-state index in [9.17, 15) is 14.0 Å². The monoisotopic (exact) mass is 523 g/mol. The van der Waals surface area contributed by atoms with Crippen LogP contribution in [0.4, 0.5) is 15.8 Å². The van der Waals surface area contributed by atoms with Gasteiger partial charge in [0.05, 0.1) is 40.8 Å². The summed E-state index contributed by atoms with van der Waals surface area (Å²) >= 11 is 6.56. The Bertz CT molecular complexity index is 971. The van der Waals surface area contributed by atoms with E-state index >= 15 is 0 Å². The molecule has 5 heterocycles. The molecule has 0 aromatic carbocycles. The maximum absolute atomic E-state index is 13.8. The summed E-state index contributed by atoms with van der Waals surface area (Å²) in [7, 11) is 2.08. The highest BCUT2D eigenvalue weighted by Gasteiger charge is 2.47. The van der Waals surface area contributed by atoms with Crippen LogP contribution in [0.15, 0.2) is 12.4 Å². The van der Waals surface area contributed by atoms with Crippen molar-refractivity contribution >= 4 is 34.8 Å². The molecule has 198 valence electrons. The Hall–Kier alpha value is -2.09. The third kappa shape index (κ3) is 5.15. The number of piperidine rings is 1. The number of piperazine rings is 1. The molecule has 0 radical (unpaired) electrons. The van der Waals surface area contributed by atoms with Crippen LogP contribution in [0.5, 0.6) is 0 Å². The first-order valence-electron chi connectivity index (χ1n) is 12.6. The molecule has 0 spiro atoms. The molecule has 5 N–H and O–H groups in total. The summed E-state index contributed by atoms with van der Waals surface area (Å²) in [5.74, 6) is -0.692. The minimum Gasteiger partial charge on any atom is -0.369 e. The molecule has 4 aliphatic heterocycles. The molecule has 1 aromatic rings. The number of hydrogen-bond acceptors (Lipinski definition) is 9. The minimum absolute atomic E-state index is 0.00596. The Morgan fingerprint density at radius 1 is 1.17 bits per heavy atom.